The number of nitrogens with one attached hydrogen (secondary N) is 4. The summed E-state index contributed by atoms with van der Waals surface area (Å²) in [6.07, 6.45) is 10.9. The molecule has 1 aliphatic carbocycles. The SMILES string of the molecule is Cc1cc(C(=O)Nc2ccc3nc(CN4CC=C(/C(=C/C=C\C=O)NCc5ccc(Cl)cc5F)CC4)[nH]c3c2)cc2c(C3CC3)[nH]nc12. The lowest BCUT2D eigenvalue weighted by atomic mass is 10.0. The fraction of sp³-hybridized carbons (Fsp3) is 0.243. The molecule has 9 nitrogen and oxygen atoms in total. The molecule has 3 aromatic carbocycles. The van der Waals surface area contributed by atoms with Gasteiger partial charge in [0.05, 0.1) is 23.1 Å². The number of benzene rings is 3. The number of nitrogens with zero attached hydrogens (tertiary/aromatic N) is 3. The predicted octanol–water partition coefficient (Wildman–Crippen LogP) is 7.23. The van der Waals surface area contributed by atoms with Crippen molar-refractivity contribution in [3.05, 3.63) is 123 Å². The molecule has 5 aromatic rings. The second-order valence-corrected chi connectivity index (χ2v) is 12.8. The zero-order chi connectivity index (χ0) is 33.2. The minimum atomic E-state index is -0.369. The van der Waals surface area contributed by atoms with Gasteiger partial charge in [-0.15, -0.1) is 0 Å². The molecule has 48 heavy (non-hydrogen) atoms. The zero-order valence-corrected chi connectivity index (χ0v) is 27.2. The van der Waals surface area contributed by atoms with E-state index in [1.807, 2.05) is 43.3 Å². The summed E-state index contributed by atoms with van der Waals surface area (Å²) < 4.78 is 14.4. The maximum atomic E-state index is 14.4. The van der Waals surface area contributed by atoms with Gasteiger partial charge in [0, 0.05) is 64.2 Å². The highest BCUT2D eigenvalue weighted by atomic mass is 35.5. The molecule has 4 N–H and O–H groups in total. The van der Waals surface area contributed by atoms with Gasteiger partial charge in [0.15, 0.2) is 0 Å². The second kappa shape index (κ2) is 13.6. The van der Waals surface area contributed by atoms with E-state index in [1.165, 1.54) is 12.1 Å². The highest BCUT2D eigenvalue weighted by Crippen LogP contribution is 2.42. The van der Waals surface area contributed by atoms with Gasteiger partial charge >= 0.3 is 0 Å². The molecule has 2 aromatic heterocycles. The molecule has 244 valence electrons. The Morgan fingerprint density at radius 1 is 1.15 bits per heavy atom. The fourth-order valence-electron chi connectivity index (χ4n) is 6.19. The van der Waals surface area contributed by atoms with E-state index in [-0.39, 0.29) is 18.3 Å². The first-order chi connectivity index (χ1) is 23.3. The number of rotatable bonds is 11. The van der Waals surface area contributed by atoms with Crippen LogP contribution in [-0.4, -0.2) is 50.3 Å². The lowest BCUT2D eigenvalue weighted by Gasteiger charge is -2.27. The molecule has 3 heterocycles. The number of imidazole rings is 1. The van der Waals surface area contributed by atoms with Crippen LogP contribution < -0.4 is 10.6 Å². The first-order valence-corrected chi connectivity index (χ1v) is 16.4. The van der Waals surface area contributed by atoms with Crippen molar-refractivity contribution in [2.45, 2.75) is 45.2 Å². The second-order valence-electron chi connectivity index (χ2n) is 12.4. The molecule has 1 aliphatic heterocycles. The molecule has 0 atom stereocenters. The molecule has 1 fully saturated rings. The number of carbonyl (C=O) groups excluding carboxylic acids is 2. The van der Waals surface area contributed by atoms with Crippen LogP contribution in [0.25, 0.3) is 21.9 Å². The van der Waals surface area contributed by atoms with Crippen LogP contribution in [0.4, 0.5) is 10.1 Å². The van der Waals surface area contributed by atoms with E-state index in [0.29, 0.717) is 40.8 Å². The van der Waals surface area contributed by atoms with E-state index in [1.54, 1.807) is 18.2 Å². The average Bonchev–Trinajstić information content (AvgIpc) is 3.69. The number of hydrogen-bond donors (Lipinski definition) is 4. The Kier molecular flexibility index (Phi) is 8.92. The summed E-state index contributed by atoms with van der Waals surface area (Å²) in [7, 11) is 0. The normalized spacial score (nSPS) is 15.7. The maximum absolute atomic E-state index is 14.4. The van der Waals surface area contributed by atoms with Crippen molar-refractivity contribution in [1.82, 2.24) is 30.4 Å². The van der Waals surface area contributed by atoms with Gasteiger partial charge in [-0.2, -0.15) is 5.10 Å². The van der Waals surface area contributed by atoms with Crippen molar-refractivity contribution >= 4 is 51.4 Å². The average molecular weight is 664 g/mol. The summed E-state index contributed by atoms with van der Waals surface area (Å²) in [5, 5.41) is 15.4. The van der Waals surface area contributed by atoms with Crippen LogP contribution >= 0.6 is 11.6 Å². The smallest absolute Gasteiger partial charge is 0.255 e. The third kappa shape index (κ3) is 6.95. The van der Waals surface area contributed by atoms with Crippen molar-refractivity contribution in [2.24, 2.45) is 0 Å². The number of amides is 1. The minimum Gasteiger partial charge on any atom is -0.381 e. The molecular formula is C37H35ClFN7O2. The van der Waals surface area contributed by atoms with E-state index in [4.69, 9.17) is 16.6 Å². The Balaban J connectivity index is 1.00. The first kappa shape index (κ1) is 31.5. The number of hydrogen-bond acceptors (Lipinski definition) is 6. The molecular weight excluding hydrogens is 629 g/mol. The first-order valence-electron chi connectivity index (χ1n) is 16.0. The highest BCUT2D eigenvalue weighted by molar-refractivity contribution is 6.30. The summed E-state index contributed by atoms with van der Waals surface area (Å²) in [6.45, 7) is 4.38. The number of aryl methyl sites for hydroxylation is 1. The molecule has 0 unspecified atom stereocenters. The third-order valence-corrected chi connectivity index (χ3v) is 9.10. The summed E-state index contributed by atoms with van der Waals surface area (Å²) in [6, 6.07) is 14.1. The van der Waals surface area contributed by atoms with Gasteiger partial charge in [-0.05, 0) is 91.9 Å². The Hall–Kier alpha value is -5.06. The van der Waals surface area contributed by atoms with Gasteiger partial charge < -0.3 is 15.6 Å². The number of H-pyrrole nitrogens is 2. The van der Waals surface area contributed by atoms with Crippen LogP contribution in [0, 0.1) is 12.7 Å². The number of aldehydes is 1. The van der Waals surface area contributed by atoms with Gasteiger partial charge in [-0.1, -0.05) is 29.8 Å². The Morgan fingerprint density at radius 3 is 2.79 bits per heavy atom. The Labute approximate surface area is 282 Å². The van der Waals surface area contributed by atoms with Gasteiger partial charge in [-0.3, -0.25) is 19.6 Å². The van der Waals surface area contributed by atoms with Crippen molar-refractivity contribution < 1.29 is 14.0 Å². The molecule has 7 rings (SSSR count). The van der Waals surface area contributed by atoms with Crippen molar-refractivity contribution in [1.29, 1.82) is 0 Å². The Morgan fingerprint density at radius 2 is 2.02 bits per heavy atom. The number of aromatic nitrogens is 4. The van der Waals surface area contributed by atoms with E-state index >= 15 is 0 Å². The Bertz CT molecular complexity index is 2120. The van der Waals surface area contributed by atoms with E-state index in [0.717, 1.165) is 82.4 Å². The molecule has 2 aliphatic rings. The predicted molar refractivity (Wildman–Crippen MR) is 186 cm³/mol. The molecule has 0 radical (unpaired) electrons. The van der Waals surface area contributed by atoms with Crippen LogP contribution in [0.5, 0.6) is 0 Å². The summed E-state index contributed by atoms with van der Waals surface area (Å²) in [5.41, 5.74) is 8.42. The van der Waals surface area contributed by atoms with Crippen LogP contribution in [0.1, 0.15) is 58.2 Å². The van der Waals surface area contributed by atoms with Crippen molar-refractivity contribution in [3.63, 3.8) is 0 Å². The highest BCUT2D eigenvalue weighted by Gasteiger charge is 2.28. The molecule has 0 saturated heterocycles. The quantitative estimate of drug-likeness (QED) is 0.0673. The van der Waals surface area contributed by atoms with Gasteiger partial charge in [0.25, 0.3) is 5.91 Å². The lowest BCUT2D eigenvalue weighted by Crippen LogP contribution is -2.30. The fourth-order valence-corrected chi connectivity index (χ4v) is 6.34. The summed E-state index contributed by atoms with van der Waals surface area (Å²) in [5.74, 6) is 0.806. The van der Waals surface area contributed by atoms with Crippen molar-refractivity contribution in [2.75, 3.05) is 18.4 Å². The van der Waals surface area contributed by atoms with E-state index in [2.05, 4.69) is 36.8 Å². The molecule has 0 bridgehead atoms. The minimum absolute atomic E-state index is 0.166. The van der Waals surface area contributed by atoms with Gasteiger partial charge in [0.1, 0.15) is 17.9 Å². The van der Waals surface area contributed by atoms with Crippen LogP contribution in [-0.2, 0) is 17.9 Å². The molecule has 1 amide bonds. The summed E-state index contributed by atoms with van der Waals surface area (Å²) in [4.78, 5) is 34.6. The summed E-state index contributed by atoms with van der Waals surface area (Å²) >= 11 is 5.90. The topological polar surface area (TPSA) is 119 Å². The number of fused-ring (bicyclic) bond motifs is 2. The monoisotopic (exact) mass is 663 g/mol. The largest absolute Gasteiger partial charge is 0.381 e. The zero-order valence-electron chi connectivity index (χ0n) is 26.4. The molecule has 1 saturated carbocycles. The maximum Gasteiger partial charge on any atom is 0.255 e. The molecule has 11 heteroatoms. The van der Waals surface area contributed by atoms with Crippen LogP contribution in [0.15, 0.2) is 84.1 Å². The van der Waals surface area contributed by atoms with Gasteiger partial charge in [0.2, 0.25) is 0 Å². The standard InChI is InChI=1S/C37H35ClFN7O2/c1-22-16-26(17-29-35(22)44-45-36(29)24-5-6-24)37(48)41-28-9-10-32-33(19-28)43-34(42-32)21-46-13-11-23(12-14-46)31(4-2-3-15-47)40-20-25-7-8-27(38)18-30(25)39/h2-4,7-11,15-19,24,40H,5-6,12-14,20-21H2,1H3,(H,41,48)(H,42,43)(H,44,45)/b3-2-,31-4-. The number of aromatic amines is 2. The van der Waals surface area contributed by atoms with Gasteiger partial charge in [-0.25, -0.2) is 9.37 Å². The number of allylic oxidation sites excluding steroid dienone is 4. The molecule has 0 spiro atoms. The number of halogens is 2. The number of anilines is 1. The van der Waals surface area contributed by atoms with E-state index in [9.17, 15) is 14.0 Å². The van der Waals surface area contributed by atoms with Crippen LogP contribution in [0.3, 0.4) is 0 Å². The van der Waals surface area contributed by atoms with E-state index < -0.39 is 0 Å². The lowest BCUT2D eigenvalue weighted by molar-refractivity contribution is -0.104. The van der Waals surface area contributed by atoms with Crippen LogP contribution in [0.2, 0.25) is 5.02 Å². The number of carbonyl (C=O) groups is 2. The third-order valence-electron chi connectivity index (χ3n) is 8.86. The van der Waals surface area contributed by atoms with Crippen molar-refractivity contribution in [3.8, 4) is 0 Å².